The van der Waals surface area contributed by atoms with E-state index in [0.717, 1.165) is 6.07 Å². The molecule has 5 heteroatoms. The first-order valence-corrected chi connectivity index (χ1v) is 6.17. The van der Waals surface area contributed by atoms with Crippen molar-refractivity contribution in [2.24, 2.45) is 0 Å². The largest absolute Gasteiger partial charge is 0.505 e. The predicted octanol–water partition coefficient (Wildman–Crippen LogP) is 3.08. The van der Waals surface area contributed by atoms with Gasteiger partial charge in [0.25, 0.3) is 0 Å². The fraction of sp³-hybridized carbons (Fsp3) is 0.429. The van der Waals surface area contributed by atoms with Crippen molar-refractivity contribution < 1.29 is 23.4 Å². The number of phenols is 1. The van der Waals surface area contributed by atoms with Gasteiger partial charge in [0.1, 0.15) is 11.4 Å². The first-order chi connectivity index (χ1) is 8.88. The molecule has 2 N–H and O–H groups in total. The lowest BCUT2D eigenvalue weighted by atomic mass is 9.60. The summed E-state index contributed by atoms with van der Waals surface area (Å²) in [5.74, 6) is -3.88. The number of halogens is 3. The molecule has 0 amide bonds. The van der Waals surface area contributed by atoms with E-state index >= 15 is 0 Å². The highest BCUT2D eigenvalue weighted by atomic mass is 19.2. The lowest BCUT2D eigenvalue weighted by molar-refractivity contribution is -0.0124. The van der Waals surface area contributed by atoms with E-state index in [1.165, 1.54) is 12.1 Å². The Hall–Kier alpha value is -1.49. The van der Waals surface area contributed by atoms with Crippen LogP contribution in [0, 0.1) is 11.6 Å². The van der Waals surface area contributed by atoms with Crippen LogP contribution >= 0.6 is 0 Å². The molecule has 0 saturated heterocycles. The third-order valence-corrected chi connectivity index (χ3v) is 4.42. The van der Waals surface area contributed by atoms with Crippen molar-refractivity contribution in [3.8, 4) is 5.75 Å². The number of hydrogen-bond donors (Lipinski definition) is 2. The van der Waals surface area contributed by atoms with Crippen LogP contribution in [0.1, 0.15) is 31.2 Å². The number of benzene rings is 1. The zero-order valence-electron chi connectivity index (χ0n) is 10.1. The highest BCUT2D eigenvalue weighted by Crippen LogP contribution is 2.53. The van der Waals surface area contributed by atoms with Crippen LogP contribution in [0.3, 0.4) is 0 Å². The van der Waals surface area contributed by atoms with Gasteiger partial charge in [0, 0.05) is 11.0 Å². The number of aliphatic hydroxyl groups is 1. The van der Waals surface area contributed by atoms with Crippen LogP contribution in [0.15, 0.2) is 24.0 Å². The minimum Gasteiger partial charge on any atom is -0.505 e. The summed E-state index contributed by atoms with van der Waals surface area (Å²) in [7, 11) is 0. The van der Waals surface area contributed by atoms with E-state index in [1.54, 1.807) is 0 Å². The molecule has 1 aromatic rings. The summed E-state index contributed by atoms with van der Waals surface area (Å²) in [4.78, 5) is 0. The molecule has 1 aromatic carbocycles. The van der Waals surface area contributed by atoms with E-state index < -0.39 is 34.2 Å². The SMILES string of the molecule is Oc1ccc(C23C=C(F)C(O)(CC2)CC3)c(F)c1F. The van der Waals surface area contributed by atoms with Crippen molar-refractivity contribution >= 4 is 0 Å². The maximum absolute atomic E-state index is 14.0. The number of allylic oxidation sites excluding steroid dienone is 1. The van der Waals surface area contributed by atoms with E-state index in [1.807, 2.05) is 0 Å². The maximum atomic E-state index is 14.0. The van der Waals surface area contributed by atoms with Gasteiger partial charge in [0.2, 0.25) is 5.82 Å². The van der Waals surface area contributed by atoms with E-state index in [2.05, 4.69) is 0 Å². The number of hydrogen-bond acceptors (Lipinski definition) is 2. The highest BCUT2D eigenvalue weighted by molar-refractivity contribution is 5.42. The molecule has 2 bridgehead atoms. The Labute approximate surface area is 108 Å². The normalized spacial score (nSPS) is 33.4. The molecule has 4 rings (SSSR count). The van der Waals surface area contributed by atoms with Crippen LogP contribution in [-0.4, -0.2) is 15.8 Å². The standard InChI is InChI=1S/C14H13F3O2/c15-10-7-13(3-5-14(10,19)6-4-13)8-1-2-9(18)12(17)11(8)16/h1-2,7,18-19H,3-6H2. The molecule has 0 aromatic heterocycles. The van der Waals surface area contributed by atoms with E-state index in [0.29, 0.717) is 12.8 Å². The fourth-order valence-corrected chi connectivity index (χ4v) is 3.14. The second kappa shape index (κ2) is 3.76. The van der Waals surface area contributed by atoms with Gasteiger partial charge in [-0.25, -0.2) is 8.78 Å². The second-order valence-corrected chi connectivity index (χ2v) is 5.44. The van der Waals surface area contributed by atoms with Gasteiger partial charge < -0.3 is 10.2 Å². The predicted molar refractivity (Wildman–Crippen MR) is 62.3 cm³/mol. The average Bonchev–Trinajstić information content (AvgIpc) is 2.38. The Morgan fingerprint density at radius 3 is 2.16 bits per heavy atom. The van der Waals surface area contributed by atoms with Gasteiger partial charge in [-0.05, 0) is 37.8 Å². The summed E-state index contributed by atoms with van der Waals surface area (Å²) in [6.07, 6.45) is 2.31. The summed E-state index contributed by atoms with van der Waals surface area (Å²) in [5.41, 5.74) is -2.32. The Kier molecular flexibility index (Phi) is 2.48. The van der Waals surface area contributed by atoms with E-state index in [-0.39, 0.29) is 18.4 Å². The molecule has 0 radical (unpaired) electrons. The van der Waals surface area contributed by atoms with E-state index in [4.69, 9.17) is 5.11 Å². The van der Waals surface area contributed by atoms with Crippen molar-refractivity contribution in [2.45, 2.75) is 36.7 Å². The molecule has 0 atom stereocenters. The summed E-state index contributed by atoms with van der Waals surface area (Å²) in [5, 5.41) is 19.1. The minimum absolute atomic E-state index is 0.0414. The lowest BCUT2D eigenvalue weighted by Gasteiger charge is -2.47. The van der Waals surface area contributed by atoms with Gasteiger partial charge in [-0.2, -0.15) is 4.39 Å². The molecule has 3 aliphatic carbocycles. The molecule has 102 valence electrons. The van der Waals surface area contributed by atoms with Crippen LogP contribution in [0.4, 0.5) is 13.2 Å². The summed E-state index contributed by atoms with van der Waals surface area (Å²) >= 11 is 0. The van der Waals surface area contributed by atoms with Gasteiger partial charge in [0.05, 0.1) is 0 Å². The van der Waals surface area contributed by atoms with Crippen molar-refractivity contribution in [2.75, 3.05) is 0 Å². The van der Waals surface area contributed by atoms with Crippen LogP contribution in [0.5, 0.6) is 5.75 Å². The quantitative estimate of drug-likeness (QED) is 0.823. The van der Waals surface area contributed by atoms with Gasteiger partial charge >= 0.3 is 0 Å². The first kappa shape index (κ1) is 12.5. The molecule has 19 heavy (non-hydrogen) atoms. The Balaban J connectivity index is 2.16. The molecular formula is C14H13F3O2. The number of phenolic OH excluding ortho intramolecular Hbond substituents is 1. The van der Waals surface area contributed by atoms with Gasteiger partial charge in [-0.3, -0.25) is 0 Å². The third-order valence-electron chi connectivity index (χ3n) is 4.42. The number of rotatable bonds is 1. The Morgan fingerprint density at radius 1 is 0.947 bits per heavy atom. The monoisotopic (exact) mass is 270 g/mol. The maximum Gasteiger partial charge on any atom is 0.200 e. The smallest absolute Gasteiger partial charge is 0.200 e. The van der Waals surface area contributed by atoms with Crippen LogP contribution in [0.25, 0.3) is 0 Å². The summed E-state index contributed by atoms with van der Waals surface area (Å²) in [6, 6.07) is 2.36. The van der Waals surface area contributed by atoms with Gasteiger partial charge in [-0.1, -0.05) is 6.07 Å². The number of fused-ring (bicyclic) bond motifs is 2. The fourth-order valence-electron chi connectivity index (χ4n) is 3.14. The van der Waals surface area contributed by atoms with Crippen LogP contribution < -0.4 is 0 Å². The van der Waals surface area contributed by atoms with Gasteiger partial charge in [0.15, 0.2) is 11.6 Å². The molecule has 0 unspecified atom stereocenters. The zero-order valence-corrected chi connectivity index (χ0v) is 10.1. The first-order valence-electron chi connectivity index (χ1n) is 6.17. The highest BCUT2D eigenvalue weighted by Gasteiger charge is 2.51. The molecule has 1 saturated carbocycles. The molecular weight excluding hydrogens is 257 g/mol. The number of aromatic hydroxyl groups is 1. The molecule has 0 spiro atoms. The Morgan fingerprint density at radius 2 is 1.58 bits per heavy atom. The molecule has 0 aliphatic heterocycles. The lowest BCUT2D eigenvalue weighted by Crippen LogP contribution is -2.46. The Bertz CT molecular complexity index is 572. The summed E-state index contributed by atoms with van der Waals surface area (Å²) < 4.78 is 41.3. The molecule has 2 nitrogen and oxygen atoms in total. The van der Waals surface area contributed by atoms with Crippen LogP contribution in [-0.2, 0) is 5.41 Å². The topological polar surface area (TPSA) is 40.5 Å². The molecule has 1 fully saturated rings. The summed E-state index contributed by atoms with van der Waals surface area (Å²) in [6.45, 7) is 0. The minimum atomic E-state index is -1.44. The second-order valence-electron chi connectivity index (χ2n) is 5.44. The molecule has 0 heterocycles. The zero-order chi connectivity index (χ0) is 13.8. The van der Waals surface area contributed by atoms with Crippen LogP contribution in [0.2, 0.25) is 0 Å². The average molecular weight is 270 g/mol. The molecule has 3 aliphatic rings. The van der Waals surface area contributed by atoms with Gasteiger partial charge in [-0.15, -0.1) is 0 Å². The van der Waals surface area contributed by atoms with Crippen molar-refractivity contribution in [3.05, 3.63) is 41.2 Å². The third kappa shape index (κ3) is 1.61. The van der Waals surface area contributed by atoms with Crippen molar-refractivity contribution in [1.82, 2.24) is 0 Å². The van der Waals surface area contributed by atoms with E-state index in [9.17, 15) is 18.3 Å². The van der Waals surface area contributed by atoms with Crippen molar-refractivity contribution in [1.29, 1.82) is 0 Å². The van der Waals surface area contributed by atoms with Crippen molar-refractivity contribution in [3.63, 3.8) is 0 Å².